The highest BCUT2D eigenvalue weighted by molar-refractivity contribution is 7.85. The van der Waals surface area contributed by atoms with Gasteiger partial charge in [0.2, 0.25) is 0 Å². The molecule has 4 nitrogen and oxygen atoms in total. The SMILES string of the molecule is Cl.O=S(=O)(O)c1ccc(CC2CCCC2)nc1. The van der Waals surface area contributed by atoms with Crippen LogP contribution in [-0.2, 0) is 16.5 Å². The summed E-state index contributed by atoms with van der Waals surface area (Å²) in [6, 6.07) is 3.09. The Labute approximate surface area is 108 Å². The average Bonchev–Trinajstić information content (AvgIpc) is 2.70. The molecule has 1 heterocycles. The van der Waals surface area contributed by atoms with Gasteiger partial charge in [-0.1, -0.05) is 25.7 Å². The predicted octanol–water partition coefficient (Wildman–Crippen LogP) is 2.48. The van der Waals surface area contributed by atoms with E-state index < -0.39 is 10.1 Å². The number of hydrogen-bond donors (Lipinski definition) is 1. The van der Waals surface area contributed by atoms with Crippen LogP contribution in [0, 0.1) is 5.92 Å². The summed E-state index contributed by atoms with van der Waals surface area (Å²) >= 11 is 0. The smallest absolute Gasteiger partial charge is 0.282 e. The van der Waals surface area contributed by atoms with E-state index in [4.69, 9.17) is 4.55 Å². The fourth-order valence-electron chi connectivity index (χ4n) is 2.19. The Morgan fingerprint density at radius 3 is 2.41 bits per heavy atom. The van der Waals surface area contributed by atoms with E-state index in [1.165, 1.54) is 37.9 Å². The van der Waals surface area contributed by atoms with Gasteiger partial charge in [0.25, 0.3) is 10.1 Å². The molecule has 0 radical (unpaired) electrons. The zero-order valence-electron chi connectivity index (χ0n) is 9.37. The van der Waals surface area contributed by atoms with Crippen LogP contribution in [-0.4, -0.2) is 18.0 Å². The minimum absolute atomic E-state index is 0. The molecule has 0 aliphatic heterocycles. The molecular weight excluding hydrogens is 262 g/mol. The molecule has 0 unspecified atom stereocenters. The second kappa shape index (κ2) is 5.80. The van der Waals surface area contributed by atoms with Crippen molar-refractivity contribution in [3.05, 3.63) is 24.0 Å². The Kier molecular flexibility index (Phi) is 4.91. The first-order valence-corrected chi connectivity index (χ1v) is 6.92. The Bertz CT molecular complexity index is 452. The lowest BCUT2D eigenvalue weighted by atomic mass is 10.0. The van der Waals surface area contributed by atoms with E-state index in [-0.39, 0.29) is 17.3 Å². The van der Waals surface area contributed by atoms with Gasteiger partial charge in [-0.3, -0.25) is 9.54 Å². The molecule has 1 aliphatic carbocycles. The maximum atomic E-state index is 10.8. The third-order valence-corrected chi connectivity index (χ3v) is 3.91. The first kappa shape index (κ1) is 14.4. The normalized spacial score (nSPS) is 16.8. The molecule has 1 N–H and O–H groups in total. The van der Waals surface area contributed by atoms with Crippen LogP contribution in [0.5, 0.6) is 0 Å². The minimum Gasteiger partial charge on any atom is -0.282 e. The number of halogens is 1. The van der Waals surface area contributed by atoms with E-state index in [1.807, 2.05) is 0 Å². The van der Waals surface area contributed by atoms with Crippen LogP contribution in [0.4, 0.5) is 0 Å². The molecule has 0 atom stereocenters. The summed E-state index contributed by atoms with van der Waals surface area (Å²) in [7, 11) is -4.11. The molecule has 1 aliphatic rings. The highest BCUT2D eigenvalue weighted by atomic mass is 35.5. The number of rotatable bonds is 3. The molecule has 1 aromatic rings. The third kappa shape index (κ3) is 3.94. The van der Waals surface area contributed by atoms with Gasteiger partial charge in [-0.25, -0.2) is 0 Å². The highest BCUT2D eigenvalue weighted by Crippen LogP contribution is 2.27. The van der Waals surface area contributed by atoms with Gasteiger partial charge in [-0.2, -0.15) is 8.42 Å². The standard InChI is InChI=1S/C11H15NO3S.ClH/c13-16(14,15)11-6-5-10(12-8-11)7-9-3-1-2-4-9;/h5-6,8-9H,1-4,7H2,(H,13,14,15);1H. The lowest BCUT2D eigenvalue weighted by Crippen LogP contribution is -2.03. The van der Waals surface area contributed by atoms with Crippen molar-refractivity contribution >= 4 is 22.5 Å². The van der Waals surface area contributed by atoms with Gasteiger partial charge in [-0.15, -0.1) is 12.4 Å². The number of aromatic nitrogens is 1. The van der Waals surface area contributed by atoms with Gasteiger partial charge in [0.15, 0.2) is 0 Å². The van der Waals surface area contributed by atoms with Crippen molar-refractivity contribution in [3.8, 4) is 0 Å². The molecule has 1 saturated carbocycles. The highest BCUT2D eigenvalue weighted by Gasteiger charge is 2.16. The van der Waals surface area contributed by atoms with Crippen LogP contribution in [0.2, 0.25) is 0 Å². The van der Waals surface area contributed by atoms with Crippen molar-refractivity contribution in [2.24, 2.45) is 5.92 Å². The van der Waals surface area contributed by atoms with Crippen molar-refractivity contribution in [2.45, 2.75) is 37.0 Å². The van der Waals surface area contributed by atoms with E-state index in [1.54, 1.807) is 6.07 Å². The zero-order valence-corrected chi connectivity index (χ0v) is 11.0. The van der Waals surface area contributed by atoms with E-state index >= 15 is 0 Å². The molecule has 1 aromatic heterocycles. The Balaban J connectivity index is 0.00000144. The van der Waals surface area contributed by atoms with Gasteiger partial charge < -0.3 is 0 Å². The van der Waals surface area contributed by atoms with Crippen molar-refractivity contribution in [1.82, 2.24) is 4.98 Å². The van der Waals surface area contributed by atoms with Crippen LogP contribution in [0.15, 0.2) is 23.2 Å². The fraction of sp³-hybridized carbons (Fsp3) is 0.545. The first-order valence-electron chi connectivity index (χ1n) is 5.48. The summed E-state index contributed by atoms with van der Waals surface area (Å²) in [5.41, 5.74) is 0.902. The fourth-order valence-corrected chi connectivity index (χ4v) is 2.62. The van der Waals surface area contributed by atoms with Crippen LogP contribution in [0.3, 0.4) is 0 Å². The molecule has 1 fully saturated rings. The topological polar surface area (TPSA) is 67.3 Å². The van der Waals surface area contributed by atoms with Crippen LogP contribution < -0.4 is 0 Å². The molecule has 6 heteroatoms. The first-order chi connectivity index (χ1) is 7.55. The van der Waals surface area contributed by atoms with E-state index in [0.29, 0.717) is 5.92 Å². The third-order valence-electron chi connectivity index (χ3n) is 3.07. The van der Waals surface area contributed by atoms with Crippen LogP contribution in [0.1, 0.15) is 31.4 Å². The van der Waals surface area contributed by atoms with E-state index in [9.17, 15) is 8.42 Å². The summed E-state index contributed by atoms with van der Waals surface area (Å²) in [5, 5.41) is 0. The molecule has 17 heavy (non-hydrogen) atoms. The summed E-state index contributed by atoms with van der Waals surface area (Å²) in [6.07, 6.45) is 7.18. The van der Waals surface area contributed by atoms with E-state index in [0.717, 1.165) is 12.1 Å². The number of hydrogen-bond acceptors (Lipinski definition) is 3. The van der Waals surface area contributed by atoms with Gasteiger partial charge >= 0.3 is 0 Å². The molecule has 0 spiro atoms. The van der Waals surface area contributed by atoms with Gasteiger partial charge in [0.1, 0.15) is 4.90 Å². The van der Waals surface area contributed by atoms with Crippen LogP contribution in [0.25, 0.3) is 0 Å². The quantitative estimate of drug-likeness (QED) is 0.862. The number of nitrogens with zero attached hydrogens (tertiary/aromatic N) is 1. The van der Waals surface area contributed by atoms with Gasteiger partial charge in [0, 0.05) is 11.9 Å². The second-order valence-corrected chi connectivity index (χ2v) is 5.74. The van der Waals surface area contributed by atoms with Crippen molar-refractivity contribution in [2.75, 3.05) is 0 Å². The van der Waals surface area contributed by atoms with Crippen LogP contribution >= 0.6 is 12.4 Å². The van der Waals surface area contributed by atoms with Crippen molar-refractivity contribution in [1.29, 1.82) is 0 Å². The summed E-state index contributed by atoms with van der Waals surface area (Å²) in [6.45, 7) is 0. The Hall–Kier alpha value is -0.650. The van der Waals surface area contributed by atoms with Crippen molar-refractivity contribution in [3.63, 3.8) is 0 Å². The average molecular weight is 278 g/mol. The molecule has 0 bridgehead atoms. The second-order valence-electron chi connectivity index (χ2n) is 4.31. The molecule has 0 aromatic carbocycles. The maximum absolute atomic E-state index is 10.8. The Morgan fingerprint density at radius 1 is 1.29 bits per heavy atom. The number of pyridine rings is 1. The largest absolute Gasteiger partial charge is 0.296 e. The molecular formula is C11H16ClNO3S. The molecule has 0 saturated heterocycles. The lowest BCUT2D eigenvalue weighted by Gasteiger charge is -2.07. The molecule has 2 rings (SSSR count). The lowest BCUT2D eigenvalue weighted by molar-refractivity contribution is 0.482. The summed E-state index contributed by atoms with van der Waals surface area (Å²) < 4.78 is 30.4. The summed E-state index contributed by atoms with van der Waals surface area (Å²) in [4.78, 5) is 3.93. The van der Waals surface area contributed by atoms with E-state index in [2.05, 4.69) is 4.98 Å². The van der Waals surface area contributed by atoms with Gasteiger partial charge in [0.05, 0.1) is 0 Å². The summed E-state index contributed by atoms with van der Waals surface area (Å²) in [5.74, 6) is 0.684. The van der Waals surface area contributed by atoms with Crippen molar-refractivity contribution < 1.29 is 13.0 Å². The van der Waals surface area contributed by atoms with Gasteiger partial charge in [-0.05, 0) is 24.5 Å². The Morgan fingerprint density at radius 2 is 1.94 bits per heavy atom. The molecule has 0 amide bonds. The maximum Gasteiger partial charge on any atom is 0.296 e. The molecule has 96 valence electrons. The monoisotopic (exact) mass is 277 g/mol. The zero-order chi connectivity index (χ0) is 11.6. The minimum atomic E-state index is -4.11. The predicted molar refractivity (Wildman–Crippen MR) is 67.0 cm³/mol.